The standard InChI is InChI=1S/C31H29N5O4S/c1-35-11-13-36(14-12-35)27(37)15-19-3-7-22(8-4-19)33-29(20-6-10-24-26(17-20)41-18-32-24)28-23-9-5-21(31(39)40-2)16-25(23)34-30(28)38/h3-10,16-18,33H,11-15H2,1-2H3,(H,34,38)/b29-28-. The van der Waals surface area contributed by atoms with E-state index in [0.29, 0.717) is 34.5 Å². The molecule has 41 heavy (non-hydrogen) atoms. The van der Waals surface area contributed by atoms with Crippen molar-refractivity contribution in [1.82, 2.24) is 14.8 Å². The Morgan fingerprint density at radius 2 is 1.76 bits per heavy atom. The number of nitrogens with one attached hydrogen (secondary N) is 2. The summed E-state index contributed by atoms with van der Waals surface area (Å²) in [6, 6.07) is 18.7. The van der Waals surface area contributed by atoms with Crippen LogP contribution in [0.1, 0.15) is 27.0 Å². The zero-order valence-corrected chi connectivity index (χ0v) is 23.6. The average Bonchev–Trinajstić information content (AvgIpc) is 3.59. The van der Waals surface area contributed by atoms with Crippen molar-refractivity contribution in [2.45, 2.75) is 6.42 Å². The van der Waals surface area contributed by atoms with Crippen LogP contribution < -0.4 is 10.6 Å². The second kappa shape index (κ2) is 11.1. The first-order valence-electron chi connectivity index (χ1n) is 13.3. The molecule has 0 unspecified atom stereocenters. The van der Waals surface area contributed by atoms with Crippen LogP contribution in [0, 0.1) is 0 Å². The van der Waals surface area contributed by atoms with Gasteiger partial charge in [0.2, 0.25) is 5.91 Å². The Hall–Kier alpha value is -4.54. The molecule has 0 radical (unpaired) electrons. The first kappa shape index (κ1) is 26.7. The van der Waals surface area contributed by atoms with Crippen molar-refractivity contribution in [3.05, 3.63) is 88.4 Å². The summed E-state index contributed by atoms with van der Waals surface area (Å²) in [7, 11) is 3.39. The second-order valence-corrected chi connectivity index (χ2v) is 11.1. The average molecular weight is 568 g/mol. The fourth-order valence-corrected chi connectivity index (χ4v) is 5.86. The van der Waals surface area contributed by atoms with Gasteiger partial charge in [0.05, 0.1) is 51.8 Å². The van der Waals surface area contributed by atoms with Crippen molar-refractivity contribution in [3.8, 4) is 0 Å². The molecule has 2 aliphatic rings. The summed E-state index contributed by atoms with van der Waals surface area (Å²) in [5, 5.41) is 6.37. The molecule has 4 aromatic rings. The van der Waals surface area contributed by atoms with E-state index in [2.05, 4.69) is 27.6 Å². The zero-order chi connectivity index (χ0) is 28.5. The molecule has 6 rings (SSSR count). The third-order valence-corrected chi connectivity index (χ3v) is 8.28. The predicted octanol–water partition coefficient (Wildman–Crippen LogP) is 4.33. The third-order valence-electron chi connectivity index (χ3n) is 7.49. The number of methoxy groups -OCH3 is 1. The van der Waals surface area contributed by atoms with Gasteiger partial charge in [0, 0.05) is 43.0 Å². The smallest absolute Gasteiger partial charge is 0.337 e. The summed E-state index contributed by atoms with van der Waals surface area (Å²) in [6.07, 6.45) is 0.346. The van der Waals surface area contributed by atoms with Crippen LogP contribution in [-0.4, -0.2) is 72.9 Å². The molecular weight excluding hydrogens is 538 g/mol. The topological polar surface area (TPSA) is 104 Å². The molecule has 0 bridgehead atoms. The number of hydrogen-bond donors (Lipinski definition) is 2. The number of fused-ring (bicyclic) bond motifs is 2. The lowest BCUT2D eigenvalue weighted by Gasteiger charge is -2.32. The van der Waals surface area contributed by atoms with Crippen molar-refractivity contribution in [1.29, 1.82) is 0 Å². The van der Waals surface area contributed by atoms with Crippen LogP contribution in [-0.2, 0) is 20.7 Å². The van der Waals surface area contributed by atoms with E-state index in [1.54, 1.807) is 23.7 Å². The van der Waals surface area contributed by atoms with Gasteiger partial charge in [0.1, 0.15) is 0 Å². The van der Waals surface area contributed by atoms with E-state index in [1.807, 2.05) is 47.4 Å². The van der Waals surface area contributed by atoms with E-state index in [1.165, 1.54) is 18.4 Å². The van der Waals surface area contributed by atoms with Crippen LogP contribution in [0.5, 0.6) is 0 Å². The number of anilines is 2. The van der Waals surface area contributed by atoms with Crippen molar-refractivity contribution < 1.29 is 19.1 Å². The van der Waals surface area contributed by atoms with Gasteiger partial charge in [-0.15, -0.1) is 11.3 Å². The number of ether oxygens (including phenoxy) is 1. The first-order chi connectivity index (χ1) is 19.9. The van der Waals surface area contributed by atoms with Crippen LogP contribution in [0.25, 0.3) is 21.5 Å². The lowest BCUT2D eigenvalue weighted by molar-refractivity contribution is -0.132. The number of rotatable bonds is 6. The number of likely N-dealkylation sites (N-methyl/N-ethyl adjacent to an activating group) is 1. The lowest BCUT2D eigenvalue weighted by atomic mass is 9.98. The Morgan fingerprint density at radius 1 is 1.00 bits per heavy atom. The molecule has 0 saturated carbocycles. The largest absolute Gasteiger partial charge is 0.465 e. The van der Waals surface area contributed by atoms with Crippen LogP contribution in [0.4, 0.5) is 11.4 Å². The monoisotopic (exact) mass is 567 g/mol. The van der Waals surface area contributed by atoms with E-state index < -0.39 is 5.97 Å². The van der Waals surface area contributed by atoms with Gasteiger partial charge in [-0.2, -0.15) is 0 Å². The maximum atomic E-state index is 13.4. The molecule has 3 heterocycles. The molecule has 0 atom stereocenters. The number of benzene rings is 3. The highest BCUT2D eigenvalue weighted by atomic mass is 32.1. The number of thiazole rings is 1. The number of aromatic nitrogens is 1. The van der Waals surface area contributed by atoms with Crippen LogP contribution in [0.2, 0.25) is 0 Å². The zero-order valence-electron chi connectivity index (χ0n) is 22.8. The minimum absolute atomic E-state index is 0.130. The van der Waals surface area contributed by atoms with Crippen molar-refractivity contribution in [2.24, 2.45) is 0 Å². The third kappa shape index (κ3) is 5.44. The molecule has 2 aliphatic heterocycles. The van der Waals surface area contributed by atoms with Crippen LogP contribution in [0.3, 0.4) is 0 Å². The highest BCUT2D eigenvalue weighted by Crippen LogP contribution is 2.39. The predicted molar refractivity (Wildman–Crippen MR) is 161 cm³/mol. The second-order valence-electron chi connectivity index (χ2n) is 10.2. The number of carbonyl (C=O) groups is 3. The Labute approximate surface area is 241 Å². The molecule has 1 saturated heterocycles. The molecule has 1 fully saturated rings. The number of esters is 1. The van der Waals surface area contributed by atoms with Gasteiger partial charge in [-0.05, 0) is 49.0 Å². The molecule has 2 amide bonds. The minimum atomic E-state index is -0.473. The van der Waals surface area contributed by atoms with Gasteiger partial charge in [-0.25, -0.2) is 9.78 Å². The molecule has 0 spiro atoms. The number of piperazine rings is 1. The molecule has 0 aliphatic carbocycles. The lowest BCUT2D eigenvalue weighted by Crippen LogP contribution is -2.47. The molecule has 3 aromatic carbocycles. The van der Waals surface area contributed by atoms with Crippen LogP contribution >= 0.6 is 11.3 Å². The van der Waals surface area contributed by atoms with E-state index in [9.17, 15) is 14.4 Å². The van der Waals surface area contributed by atoms with E-state index >= 15 is 0 Å². The number of nitrogens with zero attached hydrogens (tertiary/aromatic N) is 3. The fourth-order valence-electron chi connectivity index (χ4n) is 5.15. The minimum Gasteiger partial charge on any atom is -0.465 e. The van der Waals surface area contributed by atoms with Gasteiger partial charge in [0.25, 0.3) is 5.91 Å². The highest BCUT2D eigenvalue weighted by molar-refractivity contribution is 7.16. The Morgan fingerprint density at radius 3 is 2.51 bits per heavy atom. The van der Waals surface area contributed by atoms with Gasteiger partial charge in [-0.1, -0.05) is 24.3 Å². The summed E-state index contributed by atoms with van der Waals surface area (Å²) in [5.41, 5.74) is 7.89. The first-order valence-corrected chi connectivity index (χ1v) is 14.2. The Balaban J connectivity index is 1.33. The fraction of sp³-hybridized carbons (Fsp3) is 0.226. The van der Waals surface area contributed by atoms with Crippen molar-refractivity contribution >= 4 is 62.0 Å². The van der Waals surface area contributed by atoms with E-state index in [0.717, 1.165) is 53.2 Å². The number of amides is 2. The molecule has 9 nitrogen and oxygen atoms in total. The van der Waals surface area contributed by atoms with Gasteiger partial charge >= 0.3 is 5.97 Å². The van der Waals surface area contributed by atoms with E-state index in [-0.39, 0.29) is 11.8 Å². The molecule has 208 valence electrons. The molecule has 10 heteroatoms. The van der Waals surface area contributed by atoms with Crippen LogP contribution in [0.15, 0.2) is 66.2 Å². The Bertz CT molecular complexity index is 1690. The van der Waals surface area contributed by atoms with Gasteiger partial charge in [0.15, 0.2) is 0 Å². The summed E-state index contributed by atoms with van der Waals surface area (Å²) in [6.45, 7) is 3.28. The Kier molecular flexibility index (Phi) is 7.25. The number of hydrogen-bond acceptors (Lipinski definition) is 8. The van der Waals surface area contributed by atoms with Crippen molar-refractivity contribution in [2.75, 3.05) is 51.0 Å². The highest BCUT2D eigenvalue weighted by Gasteiger charge is 2.29. The summed E-state index contributed by atoms with van der Waals surface area (Å²) >= 11 is 1.53. The maximum absolute atomic E-state index is 13.4. The molecule has 1 aromatic heterocycles. The number of carbonyl (C=O) groups excluding carboxylic acids is 3. The maximum Gasteiger partial charge on any atom is 0.337 e. The molecular formula is C31H29N5O4S. The molecule has 2 N–H and O–H groups in total. The van der Waals surface area contributed by atoms with Gasteiger partial charge in [-0.3, -0.25) is 9.59 Å². The van der Waals surface area contributed by atoms with Crippen molar-refractivity contribution in [3.63, 3.8) is 0 Å². The van der Waals surface area contributed by atoms with E-state index in [4.69, 9.17) is 4.74 Å². The summed E-state index contributed by atoms with van der Waals surface area (Å²) < 4.78 is 5.84. The summed E-state index contributed by atoms with van der Waals surface area (Å²) in [4.78, 5) is 46.8. The normalized spacial score (nSPS) is 16.3. The quantitative estimate of drug-likeness (QED) is 0.264. The van der Waals surface area contributed by atoms with Gasteiger partial charge < -0.3 is 25.2 Å². The summed E-state index contributed by atoms with van der Waals surface area (Å²) in [5.74, 6) is -0.618. The SMILES string of the molecule is COC(=O)c1ccc2c(c1)NC(=O)/C2=C(\Nc1ccc(CC(=O)N2CCN(C)CC2)cc1)c1ccc2ncsc2c1.